The largest absolute Gasteiger partial charge is 0.339 e. The first-order valence-corrected chi connectivity index (χ1v) is 9.04. The molecule has 0 spiro atoms. The summed E-state index contributed by atoms with van der Waals surface area (Å²) in [5.41, 5.74) is 0.827. The Balaban J connectivity index is 1.74. The predicted molar refractivity (Wildman–Crippen MR) is 83.1 cm³/mol. The summed E-state index contributed by atoms with van der Waals surface area (Å²) in [6.07, 6.45) is 2.86. The van der Waals surface area contributed by atoms with Crippen LogP contribution in [0, 0.1) is 12.8 Å². The second kappa shape index (κ2) is 6.11. The molecule has 0 unspecified atom stereocenters. The van der Waals surface area contributed by atoms with Gasteiger partial charge in [-0.05, 0) is 30.9 Å². The number of amides is 1. The average Bonchev–Trinajstić information content (AvgIpc) is 2.89. The van der Waals surface area contributed by atoms with Crippen molar-refractivity contribution in [2.45, 2.75) is 26.2 Å². The maximum atomic E-state index is 12.2. The molecule has 1 amide bonds. The number of carbonyl (C=O) groups excluding carboxylic acids is 1. The molecule has 0 radical (unpaired) electrons. The van der Waals surface area contributed by atoms with E-state index in [9.17, 15) is 13.2 Å². The number of carbonyl (C=O) groups is 1. The molecule has 0 bridgehead atoms. The zero-order valence-electron chi connectivity index (χ0n) is 12.7. The van der Waals surface area contributed by atoms with E-state index in [1.54, 1.807) is 31.2 Å². The minimum atomic E-state index is -3.61. The normalized spacial score (nSPS) is 15.2. The Morgan fingerprint density at radius 2 is 2.17 bits per heavy atom. The van der Waals surface area contributed by atoms with Gasteiger partial charge in [0.1, 0.15) is 0 Å². The summed E-state index contributed by atoms with van der Waals surface area (Å²) in [5, 5.41) is 3.78. The molecule has 1 aliphatic carbocycles. The first kappa shape index (κ1) is 15.7. The van der Waals surface area contributed by atoms with Gasteiger partial charge in [-0.25, -0.2) is 13.1 Å². The van der Waals surface area contributed by atoms with Crippen LogP contribution in [-0.4, -0.2) is 30.2 Å². The number of aryl methyl sites for hydroxylation is 1. The molecule has 1 saturated carbocycles. The van der Waals surface area contributed by atoms with Gasteiger partial charge >= 0.3 is 0 Å². The summed E-state index contributed by atoms with van der Waals surface area (Å²) in [7, 11) is -3.61. The van der Waals surface area contributed by atoms with E-state index in [1.807, 2.05) is 0 Å². The highest BCUT2D eigenvalue weighted by atomic mass is 32.2. The van der Waals surface area contributed by atoms with Crippen molar-refractivity contribution in [3.05, 3.63) is 35.7 Å². The topological polar surface area (TPSA) is 102 Å². The number of hydrogen-bond donors (Lipinski definition) is 1. The van der Waals surface area contributed by atoms with Gasteiger partial charge in [0.15, 0.2) is 0 Å². The second-order valence-electron chi connectivity index (χ2n) is 5.73. The van der Waals surface area contributed by atoms with E-state index in [4.69, 9.17) is 4.52 Å². The number of aromatic nitrogens is 2. The Kier molecular flexibility index (Phi) is 4.16. The van der Waals surface area contributed by atoms with Crippen molar-refractivity contribution in [3.8, 4) is 11.4 Å². The van der Waals surface area contributed by atoms with Gasteiger partial charge in [-0.15, -0.1) is 0 Å². The van der Waals surface area contributed by atoms with E-state index in [1.165, 1.54) is 0 Å². The smallest absolute Gasteiger partial charge is 0.264 e. The molecule has 1 N–H and O–H groups in total. The number of benzene rings is 1. The van der Waals surface area contributed by atoms with Gasteiger partial charge in [-0.1, -0.05) is 23.7 Å². The van der Waals surface area contributed by atoms with Crippen LogP contribution in [0.3, 0.4) is 0 Å². The van der Waals surface area contributed by atoms with Crippen molar-refractivity contribution in [2.75, 3.05) is 5.75 Å². The molecule has 8 heteroatoms. The van der Waals surface area contributed by atoms with Crippen molar-refractivity contribution < 1.29 is 17.7 Å². The Morgan fingerprint density at radius 3 is 2.78 bits per heavy atom. The van der Waals surface area contributed by atoms with E-state index < -0.39 is 15.9 Å². The Hall–Kier alpha value is -2.22. The van der Waals surface area contributed by atoms with Crippen molar-refractivity contribution in [2.24, 2.45) is 5.92 Å². The SMILES string of the molecule is Cc1nc(-c2cccc(C(=O)NS(=O)(=O)CC3CCC3)c2)no1. The Bertz CT molecular complexity index is 825. The Labute approximate surface area is 134 Å². The number of hydrogen-bond acceptors (Lipinski definition) is 6. The zero-order chi connectivity index (χ0) is 16.4. The van der Waals surface area contributed by atoms with E-state index in [-0.39, 0.29) is 17.2 Å². The van der Waals surface area contributed by atoms with Crippen molar-refractivity contribution in [1.82, 2.24) is 14.9 Å². The molecule has 1 aromatic carbocycles. The van der Waals surface area contributed by atoms with E-state index >= 15 is 0 Å². The van der Waals surface area contributed by atoms with Crippen molar-refractivity contribution in [3.63, 3.8) is 0 Å². The van der Waals surface area contributed by atoms with Crippen LogP contribution >= 0.6 is 0 Å². The van der Waals surface area contributed by atoms with Crippen LogP contribution in [0.25, 0.3) is 11.4 Å². The van der Waals surface area contributed by atoms with Gasteiger partial charge in [0.2, 0.25) is 21.7 Å². The lowest BCUT2D eigenvalue weighted by Gasteiger charge is -2.24. The van der Waals surface area contributed by atoms with Crippen LogP contribution in [0.5, 0.6) is 0 Å². The Morgan fingerprint density at radius 1 is 1.39 bits per heavy atom. The number of nitrogens with zero attached hydrogens (tertiary/aromatic N) is 2. The van der Waals surface area contributed by atoms with Crippen LogP contribution in [0.2, 0.25) is 0 Å². The summed E-state index contributed by atoms with van der Waals surface area (Å²) in [5.74, 6) is 0.287. The first-order valence-electron chi connectivity index (χ1n) is 7.38. The van der Waals surface area contributed by atoms with Crippen LogP contribution in [0.1, 0.15) is 35.5 Å². The van der Waals surface area contributed by atoms with Crippen LogP contribution in [0.15, 0.2) is 28.8 Å². The van der Waals surface area contributed by atoms with Crippen molar-refractivity contribution >= 4 is 15.9 Å². The highest BCUT2D eigenvalue weighted by molar-refractivity contribution is 7.90. The maximum Gasteiger partial charge on any atom is 0.264 e. The number of rotatable bonds is 5. The van der Waals surface area contributed by atoms with Crippen LogP contribution in [-0.2, 0) is 10.0 Å². The highest BCUT2D eigenvalue weighted by Crippen LogP contribution is 2.27. The molecule has 2 aromatic rings. The van der Waals surface area contributed by atoms with Crippen LogP contribution in [0.4, 0.5) is 0 Å². The summed E-state index contributed by atoms with van der Waals surface area (Å²) in [4.78, 5) is 16.3. The van der Waals surface area contributed by atoms with Gasteiger partial charge in [0.05, 0.1) is 5.75 Å². The quantitative estimate of drug-likeness (QED) is 0.895. The van der Waals surface area contributed by atoms with Gasteiger partial charge in [-0.3, -0.25) is 4.79 Å². The molecule has 1 heterocycles. The molecule has 3 rings (SSSR count). The molecule has 23 heavy (non-hydrogen) atoms. The summed E-state index contributed by atoms with van der Waals surface area (Å²) in [6, 6.07) is 6.46. The summed E-state index contributed by atoms with van der Waals surface area (Å²) >= 11 is 0. The molecule has 0 atom stereocenters. The predicted octanol–water partition coefficient (Wildman–Crippen LogP) is 1.90. The molecule has 1 fully saturated rings. The minimum absolute atomic E-state index is 0.00245. The molecular formula is C15H17N3O4S. The molecule has 7 nitrogen and oxygen atoms in total. The van der Waals surface area contributed by atoms with E-state index in [0.29, 0.717) is 17.3 Å². The lowest BCUT2D eigenvalue weighted by molar-refractivity contribution is 0.0981. The highest BCUT2D eigenvalue weighted by Gasteiger charge is 2.26. The monoisotopic (exact) mass is 335 g/mol. The number of nitrogens with one attached hydrogen (secondary N) is 1. The van der Waals surface area contributed by atoms with Gasteiger partial charge in [0, 0.05) is 18.1 Å². The fourth-order valence-electron chi connectivity index (χ4n) is 2.43. The van der Waals surface area contributed by atoms with E-state index in [2.05, 4.69) is 14.9 Å². The van der Waals surface area contributed by atoms with Gasteiger partial charge in [-0.2, -0.15) is 4.98 Å². The molecular weight excluding hydrogens is 318 g/mol. The molecule has 0 aliphatic heterocycles. The zero-order valence-corrected chi connectivity index (χ0v) is 13.5. The fraction of sp³-hybridized carbons (Fsp3) is 0.400. The maximum absolute atomic E-state index is 12.2. The fourth-order valence-corrected chi connectivity index (χ4v) is 3.87. The third-order valence-electron chi connectivity index (χ3n) is 3.84. The third-order valence-corrected chi connectivity index (χ3v) is 5.25. The molecule has 0 saturated heterocycles. The summed E-state index contributed by atoms with van der Waals surface area (Å²) in [6.45, 7) is 1.67. The minimum Gasteiger partial charge on any atom is -0.339 e. The van der Waals surface area contributed by atoms with Crippen LogP contribution < -0.4 is 4.72 Å². The molecule has 1 aromatic heterocycles. The first-order chi connectivity index (χ1) is 10.9. The second-order valence-corrected chi connectivity index (χ2v) is 7.49. The lowest BCUT2D eigenvalue weighted by atomic mass is 9.87. The lowest BCUT2D eigenvalue weighted by Crippen LogP contribution is -2.36. The standard InChI is InChI=1S/C15H17N3O4S/c1-10-16-14(17-22-10)12-6-3-7-13(8-12)15(19)18-23(20,21)9-11-4-2-5-11/h3,6-8,11H,2,4-5,9H2,1H3,(H,18,19). The third kappa shape index (κ3) is 3.76. The van der Waals surface area contributed by atoms with Gasteiger partial charge < -0.3 is 4.52 Å². The number of sulfonamides is 1. The average molecular weight is 335 g/mol. The van der Waals surface area contributed by atoms with E-state index in [0.717, 1.165) is 19.3 Å². The molecule has 1 aliphatic rings. The van der Waals surface area contributed by atoms with Crippen molar-refractivity contribution in [1.29, 1.82) is 0 Å². The molecule has 122 valence electrons. The van der Waals surface area contributed by atoms with Gasteiger partial charge in [0.25, 0.3) is 5.91 Å². The summed E-state index contributed by atoms with van der Waals surface area (Å²) < 4.78 is 31.0.